The van der Waals surface area contributed by atoms with E-state index in [9.17, 15) is 4.79 Å². The third kappa shape index (κ3) is 3.45. The zero-order valence-corrected chi connectivity index (χ0v) is 11.1. The van der Waals surface area contributed by atoms with E-state index in [4.69, 9.17) is 9.47 Å². The lowest BCUT2D eigenvalue weighted by Crippen LogP contribution is -2.08. The van der Waals surface area contributed by atoms with Crippen LogP contribution in [0.1, 0.15) is 22.3 Å². The molecule has 1 saturated heterocycles. The van der Waals surface area contributed by atoms with Crippen LogP contribution in [0.25, 0.3) is 0 Å². The first-order valence-electron chi connectivity index (χ1n) is 6.79. The molecule has 2 aromatic rings. The Morgan fingerprint density at radius 1 is 1.10 bits per heavy atom. The molecule has 1 unspecified atom stereocenters. The molecular weight excluding hydrogens is 252 g/mol. The van der Waals surface area contributed by atoms with Crippen molar-refractivity contribution in [2.45, 2.75) is 18.9 Å². The fraction of sp³-hybridized carbons (Fsp3) is 0.235. The molecule has 0 aromatic heterocycles. The number of hydrogen-bond donors (Lipinski definition) is 0. The molecule has 0 amide bonds. The Kier molecular flexibility index (Phi) is 3.79. The lowest BCUT2D eigenvalue weighted by atomic mass is 10.1. The number of aryl methyl sites for hydroxylation is 1. The summed E-state index contributed by atoms with van der Waals surface area (Å²) in [6, 6.07) is 16.7. The third-order valence-electron chi connectivity index (χ3n) is 3.30. The van der Waals surface area contributed by atoms with Crippen LogP contribution in [0.2, 0.25) is 0 Å². The first kappa shape index (κ1) is 12.9. The van der Waals surface area contributed by atoms with Crippen LogP contribution in [0.4, 0.5) is 0 Å². The number of epoxide rings is 1. The third-order valence-corrected chi connectivity index (χ3v) is 3.30. The average molecular weight is 268 g/mol. The number of benzene rings is 2. The molecule has 1 atom stereocenters. The molecule has 1 heterocycles. The van der Waals surface area contributed by atoms with Crippen LogP contribution in [0, 0.1) is 0 Å². The Labute approximate surface area is 118 Å². The van der Waals surface area contributed by atoms with Gasteiger partial charge in [0.1, 0.15) is 5.75 Å². The van der Waals surface area contributed by atoms with Gasteiger partial charge in [-0.25, -0.2) is 4.79 Å². The highest BCUT2D eigenvalue weighted by Crippen LogP contribution is 2.17. The smallest absolute Gasteiger partial charge is 0.343 e. The molecule has 2 aromatic carbocycles. The molecule has 3 nitrogen and oxygen atoms in total. The molecule has 0 saturated carbocycles. The van der Waals surface area contributed by atoms with Crippen LogP contribution >= 0.6 is 0 Å². The SMILES string of the molecule is O=C(Oc1ccccc1)c1ccc(CCC2CO2)cc1. The number of esters is 1. The Hall–Kier alpha value is -2.13. The van der Waals surface area contributed by atoms with Gasteiger partial charge in [0.05, 0.1) is 18.3 Å². The van der Waals surface area contributed by atoms with Gasteiger partial charge in [0.15, 0.2) is 0 Å². The molecule has 0 radical (unpaired) electrons. The first-order chi connectivity index (χ1) is 9.81. The van der Waals surface area contributed by atoms with Crippen LogP contribution in [0.5, 0.6) is 5.75 Å². The molecule has 20 heavy (non-hydrogen) atoms. The predicted molar refractivity (Wildman–Crippen MR) is 75.9 cm³/mol. The van der Waals surface area contributed by atoms with Crippen LogP contribution in [0.15, 0.2) is 54.6 Å². The monoisotopic (exact) mass is 268 g/mol. The molecule has 0 N–H and O–H groups in total. The Balaban J connectivity index is 1.59. The Morgan fingerprint density at radius 3 is 2.45 bits per heavy atom. The lowest BCUT2D eigenvalue weighted by Gasteiger charge is -2.05. The summed E-state index contributed by atoms with van der Waals surface area (Å²) in [5.74, 6) is 0.237. The van der Waals surface area contributed by atoms with Gasteiger partial charge in [-0.3, -0.25) is 0 Å². The van der Waals surface area contributed by atoms with Crippen molar-refractivity contribution in [3.63, 3.8) is 0 Å². The van der Waals surface area contributed by atoms with Gasteiger partial charge in [-0.1, -0.05) is 30.3 Å². The van der Waals surface area contributed by atoms with Crippen molar-refractivity contribution >= 4 is 5.97 Å². The van der Waals surface area contributed by atoms with E-state index in [0.717, 1.165) is 19.4 Å². The molecule has 0 bridgehead atoms. The van der Waals surface area contributed by atoms with Crippen molar-refractivity contribution in [3.05, 3.63) is 65.7 Å². The fourth-order valence-electron chi connectivity index (χ4n) is 2.02. The molecule has 3 heteroatoms. The zero-order valence-electron chi connectivity index (χ0n) is 11.1. The van der Waals surface area contributed by atoms with Gasteiger partial charge in [-0.15, -0.1) is 0 Å². The van der Waals surface area contributed by atoms with Gasteiger partial charge in [-0.2, -0.15) is 0 Å². The Morgan fingerprint density at radius 2 is 1.80 bits per heavy atom. The summed E-state index contributed by atoms with van der Waals surface area (Å²) in [7, 11) is 0. The van der Waals surface area contributed by atoms with E-state index < -0.39 is 0 Å². The highest BCUT2D eigenvalue weighted by molar-refractivity contribution is 5.91. The quantitative estimate of drug-likeness (QED) is 0.475. The minimum absolute atomic E-state index is 0.326. The van der Waals surface area contributed by atoms with E-state index >= 15 is 0 Å². The number of rotatable bonds is 5. The normalized spacial score (nSPS) is 16.7. The number of hydrogen-bond acceptors (Lipinski definition) is 3. The maximum Gasteiger partial charge on any atom is 0.343 e. The van der Waals surface area contributed by atoms with Gasteiger partial charge in [0.2, 0.25) is 0 Å². The standard InChI is InChI=1S/C17H16O3/c18-17(20-15-4-2-1-3-5-15)14-9-6-13(7-10-14)8-11-16-12-19-16/h1-7,9-10,16H,8,11-12H2. The van der Waals surface area contributed by atoms with E-state index in [0.29, 0.717) is 17.4 Å². The number of carbonyl (C=O) groups excluding carboxylic acids is 1. The minimum atomic E-state index is -0.326. The summed E-state index contributed by atoms with van der Waals surface area (Å²) < 4.78 is 10.5. The van der Waals surface area contributed by atoms with E-state index in [2.05, 4.69) is 0 Å². The number of ether oxygens (including phenoxy) is 2. The van der Waals surface area contributed by atoms with Gasteiger partial charge in [0.25, 0.3) is 0 Å². The largest absolute Gasteiger partial charge is 0.423 e. The van der Waals surface area contributed by atoms with Crippen molar-refractivity contribution in [2.75, 3.05) is 6.61 Å². The minimum Gasteiger partial charge on any atom is -0.423 e. The van der Waals surface area contributed by atoms with Crippen molar-refractivity contribution in [2.24, 2.45) is 0 Å². The van der Waals surface area contributed by atoms with Gasteiger partial charge in [-0.05, 0) is 42.7 Å². The van der Waals surface area contributed by atoms with Crippen LogP contribution in [-0.2, 0) is 11.2 Å². The van der Waals surface area contributed by atoms with Crippen LogP contribution < -0.4 is 4.74 Å². The number of carbonyl (C=O) groups is 1. The van der Waals surface area contributed by atoms with Gasteiger partial charge >= 0.3 is 5.97 Å². The van der Waals surface area contributed by atoms with Gasteiger partial charge < -0.3 is 9.47 Å². The highest BCUT2D eigenvalue weighted by Gasteiger charge is 2.21. The lowest BCUT2D eigenvalue weighted by molar-refractivity contribution is 0.0735. The maximum atomic E-state index is 12.0. The second-order valence-electron chi connectivity index (χ2n) is 4.89. The molecule has 102 valence electrons. The van der Waals surface area contributed by atoms with E-state index in [-0.39, 0.29) is 5.97 Å². The molecule has 0 aliphatic carbocycles. The number of para-hydroxylation sites is 1. The summed E-state index contributed by atoms with van der Waals surface area (Å²) in [4.78, 5) is 12.0. The maximum absolute atomic E-state index is 12.0. The molecule has 0 spiro atoms. The van der Waals surface area contributed by atoms with Crippen molar-refractivity contribution in [3.8, 4) is 5.75 Å². The predicted octanol–water partition coefficient (Wildman–Crippen LogP) is 3.24. The fourth-order valence-corrected chi connectivity index (χ4v) is 2.02. The Bertz CT molecular complexity index is 571. The molecular formula is C17H16O3. The van der Waals surface area contributed by atoms with Crippen molar-refractivity contribution < 1.29 is 14.3 Å². The summed E-state index contributed by atoms with van der Waals surface area (Å²) in [6.07, 6.45) is 2.48. The highest BCUT2D eigenvalue weighted by atomic mass is 16.6. The van der Waals surface area contributed by atoms with E-state index in [1.807, 2.05) is 42.5 Å². The van der Waals surface area contributed by atoms with Gasteiger partial charge in [0, 0.05) is 0 Å². The molecule has 1 fully saturated rings. The topological polar surface area (TPSA) is 38.8 Å². The van der Waals surface area contributed by atoms with E-state index in [1.54, 1.807) is 12.1 Å². The summed E-state index contributed by atoms with van der Waals surface area (Å²) >= 11 is 0. The average Bonchev–Trinajstić information content (AvgIpc) is 3.31. The van der Waals surface area contributed by atoms with Crippen LogP contribution in [-0.4, -0.2) is 18.7 Å². The van der Waals surface area contributed by atoms with Crippen LogP contribution in [0.3, 0.4) is 0 Å². The summed E-state index contributed by atoms with van der Waals surface area (Å²) in [5.41, 5.74) is 1.79. The van der Waals surface area contributed by atoms with E-state index in [1.165, 1.54) is 5.56 Å². The summed E-state index contributed by atoms with van der Waals surface area (Å²) in [6.45, 7) is 0.890. The first-order valence-corrected chi connectivity index (χ1v) is 6.79. The second-order valence-corrected chi connectivity index (χ2v) is 4.89. The molecule has 1 aliphatic heterocycles. The zero-order chi connectivity index (χ0) is 13.8. The van der Waals surface area contributed by atoms with Crippen molar-refractivity contribution in [1.82, 2.24) is 0 Å². The second kappa shape index (κ2) is 5.88. The molecule has 1 aliphatic rings. The molecule has 3 rings (SSSR count). The van der Waals surface area contributed by atoms with Crippen molar-refractivity contribution in [1.29, 1.82) is 0 Å². The summed E-state index contributed by atoms with van der Waals surface area (Å²) in [5, 5.41) is 0.